The summed E-state index contributed by atoms with van der Waals surface area (Å²) in [4.78, 5) is 32.9. The number of aryl methyl sites for hydroxylation is 2. The van der Waals surface area contributed by atoms with E-state index in [-0.39, 0.29) is 18.7 Å². The highest BCUT2D eigenvalue weighted by atomic mass is 16.3. The van der Waals surface area contributed by atoms with Crippen molar-refractivity contribution in [2.45, 2.75) is 52.6 Å². The van der Waals surface area contributed by atoms with Gasteiger partial charge in [-0.15, -0.1) is 0 Å². The Morgan fingerprint density at radius 2 is 1.87 bits per heavy atom. The summed E-state index contributed by atoms with van der Waals surface area (Å²) in [5.74, 6) is 1.01. The summed E-state index contributed by atoms with van der Waals surface area (Å²) in [6.07, 6.45) is 3.77. The molecule has 1 aliphatic rings. The summed E-state index contributed by atoms with van der Waals surface area (Å²) < 4.78 is 4.60. The molecule has 8 nitrogen and oxygen atoms in total. The molecule has 3 heterocycles. The second-order valence-electron chi connectivity index (χ2n) is 8.56. The van der Waals surface area contributed by atoms with Crippen LogP contribution in [-0.2, 0) is 26.6 Å². The maximum atomic E-state index is 13.2. The number of fused-ring (bicyclic) bond motifs is 3. The number of aromatic nitrogens is 4. The van der Waals surface area contributed by atoms with Crippen LogP contribution in [0.15, 0.2) is 33.9 Å². The van der Waals surface area contributed by atoms with Crippen LogP contribution in [-0.4, -0.2) is 36.9 Å². The van der Waals surface area contributed by atoms with Crippen molar-refractivity contribution >= 4 is 22.8 Å². The monoisotopic (exact) mass is 425 g/mol. The first kappa shape index (κ1) is 21.4. The van der Waals surface area contributed by atoms with Gasteiger partial charge in [-0.1, -0.05) is 32.4 Å². The van der Waals surface area contributed by atoms with Gasteiger partial charge in [0.25, 0.3) is 5.56 Å². The molecule has 166 valence electrons. The second-order valence-corrected chi connectivity index (χ2v) is 8.56. The molecule has 1 N–H and O–H groups in total. The number of nitrogens with zero attached hydrogens (tertiary/aromatic N) is 5. The van der Waals surface area contributed by atoms with E-state index in [1.54, 1.807) is 7.05 Å². The molecule has 31 heavy (non-hydrogen) atoms. The van der Waals surface area contributed by atoms with Gasteiger partial charge in [0.15, 0.2) is 11.2 Å². The molecular weight excluding hydrogens is 394 g/mol. The van der Waals surface area contributed by atoms with Crippen LogP contribution in [0, 0.1) is 5.92 Å². The summed E-state index contributed by atoms with van der Waals surface area (Å²) in [5.41, 5.74) is 2.47. The van der Waals surface area contributed by atoms with E-state index < -0.39 is 5.69 Å². The zero-order valence-corrected chi connectivity index (χ0v) is 18.5. The van der Waals surface area contributed by atoms with E-state index in [2.05, 4.69) is 43.0 Å². The molecule has 1 aromatic carbocycles. The van der Waals surface area contributed by atoms with Crippen LogP contribution < -0.4 is 16.1 Å². The number of rotatable bonds is 7. The molecule has 1 atom stereocenters. The van der Waals surface area contributed by atoms with Crippen molar-refractivity contribution in [1.29, 1.82) is 0 Å². The molecule has 0 saturated heterocycles. The summed E-state index contributed by atoms with van der Waals surface area (Å²) in [7, 11) is 1.65. The highest BCUT2D eigenvalue weighted by Crippen LogP contribution is 2.33. The van der Waals surface area contributed by atoms with Crippen molar-refractivity contribution < 1.29 is 5.11 Å². The van der Waals surface area contributed by atoms with E-state index in [0.717, 1.165) is 18.7 Å². The third-order valence-electron chi connectivity index (χ3n) is 6.05. The van der Waals surface area contributed by atoms with Gasteiger partial charge in [-0.05, 0) is 42.9 Å². The van der Waals surface area contributed by atoms with Crippen LogP contribution >= 0.6 is 0 Å². The quantitative estimate of drug-likeness (QED) is 0.628. The van der Waals surface area contributed by atoms with Crippen LogP contribution in [0.3, 0.4) is 0 Å². The Labute approximate surface area is 181 Å². The maximum absolute atomic E-state index is 13.2. The van der Waals surface area contributed by atoms with Gasteiger partial charge < -0.3 is 14.6 Å². The minimum Gasteiger partial charge on any atom is -0.396 e. The summed E-state index contributed by atoms with van der Waals surface area (Å²) >= 11 is 0. The minimum atomic E-state index is -0.402. The first-order valence-corrected chi connectivity index (χ1v) is 11.1. The van der Waals surface area contributed by atoms with Gasteiger partial charge in [0.1, 0.15) is 0 Å². The van der Waals surface area contributed by atoms with Crippen molar-refractivity contribution in [3.05, 3.63) is 50.7 Å². The molecule has 0 saturated carbocycles. The average Bonchev–Trinajstić information content (AvgIpc) is 3.15. The fraction of sp³-hybridized carbons (Fsp3) is 0.522. The smallest absolute Gasteiger partial charge is 0.332 e. The minimum absolute atomic E-state index is 0.0722. The number of unbranched alkanes of at least 4 members (excludes halogenated alkanes) is 1. The molecule has 2 aromatic heterocycles. The Bertz CT molecular complexity index is 1190. The lowest BCUT2D eigenvalue weighted by Gasteiger charge is -2.33. The van der Waals surface area contributed by atoms with Gasteiger partial charge in [-0.25, -0.2) is 4.79 Å². The number of anilines is 2. The van der Waals surface area contributed by atoms with Gasteiger partial charge in [-0.3, -0.25) is 13.9 Å². The maximum Gasteiger partial charge on any atom is 0.332 e. The molecule has 4 rings (SSSR count). The van der Waals surface area contributed by atoms with E-state index >= 15 is 0 Å². The van der Waals surface area contributed by atoms with Crippen LogP contribution in [0.25, 0.3) is 11.2 Å². The molecule has 0 amide bonds. The topological polar surface area (TPSA) is 85.3 Å². The molecule has 0 bridgehead atoms. The molecule has 8 heteroatoms. The second kappa shape index (κ2) is 8.70. The zero-order chi connectivity index (χ0) is 22.1. The van der Waals surface area contributed by atoms with E-state index in [0.29, 0.717) is 36.0 Å². The molecule has 0 unspecified atom stereocenters. The third-order valence-corrected chi connectivity index (χ3v) is 6.05. The Morgan fingerprint density at radius 3 is 2.55 bits per heavy atom. The van der Waals surface area contributed by atoms with Crippen molar-refractivity contribution in [3.63, 3.8) is 0 Å². The van der Waals surface area contributed by atoms with Crippen molar-refractivity contribution in [2.24, 2.45) is 13.0 Å². The van der Waals surface area contributed by atoms with Crippen LogP contribution in [0.4, 0.5) is 11.6 Å². The number of benzene rings is 1. The summed E-state index contributed by atoms with van der Waals surface area (Å²) in [6, 6.07) is 8.56. The number of aliphatic hydroxyl groups is 1. The number of hydrogen-bond acceptors (Lipinski definition) is 5. The molecule has 1 aliphatic heterocycles. The van der Waals surface area contributed by atoms with Crippen molar-refractivity contribution in [3.8, 4) is 0 Å². The van der Waals surface area contributed by atoms with E-state index in [1.807, 2.05) is 4.57 Å². The molecule has 0 aliphatic carbocycles. The Hall–Kier alpha value is -2.87. The Morgan fingerprint density at radius 1 is 1.13 bits per heavy atom. The van der Waals surface area contributed by atoms with Crippen LogP contribution in [0.1, 0.15) is 38.7 Å². The van der Waals surface area contributed by atoms with Crippen molar-refractivity contribution in [2.75, 3.05) is 18.1 Å². The zero-order valence-electron chi connectivity index (χ0n) is 18.5. The summed E-state index contributed by atoms with van der Waals surface area (Å²) in [6.45, 7) is 5.94. The van der Waals surface area contributed by atoms with Gasteiger partial charge in [0, 0.05) is 39.0 Å². The largest absolute Gasteiger partial charge is 0.396 e. The molecule has 0 fully saturated rings. The predicted octanol–water partition coefficient (Wildman–Crippen LogP) is 2.41. The first-order chi connectivity index (χ1) is 15.0. The van der Waals surface area contributed by atoms with Crippen LogP contribution in [0.5, 0.6) is 0 Å². The van der Waals surface area contributed by atoms with Gasteiger partial charge in [0.2, 0.25) is 5.95 Å². The predicted molar refractivity (Wildman–Crippen MR) is 122 cm³/mol. The third kappa shape index (κ3) is 3.80. The fourth-order valence-electron chi connectivity index (χ4n) is 4.37. The standard InChI is InChI=1S/C23H31N5O3/c1-4-5-7-17-8-10-18(11-9-17)27-14-16(2)15-28-19-20(24-22(27)28)25(3)23(31)26(21(19)30)12-6-13-29/h8-11,16,29H,4-7,12-15H2,1-3H3/t16-/m1/s1. The highest BCUT2D eigenvalue weighted by Gasteiger charge is 2.29. The molecule has 0 spiro atoms. The first-order valence-electron chi connectivity index (χ1n) is 11.1. The fourth-order valence-corrected chi connectivity index (χ4v) is 4.37. The van der Waals surface area contributed by atoms with E-state index in [9.17, 15) is 9.59 Å². The summed E-state index contributed by atoms with van der Waals surface area (Å²) in [5, 5.41) is 9.16. The molecule has 0 radical (unpaired) electrons. The lowest BCUT2D eigenvalue weighted by atomic mass is 10.1. The van der Waals surface area contributed by atoms with E-state index in [4.69, 9.17) is 10.1 Å². The average molecular weight is 426 g/mol. The SMILES string of the molecule is CCCCc1ccc(N2C[C@@H](C)Cn3c2nc2c3c(=O)n(CCCO)c(=O)n2C)cc1. The lowest BCUT2D eigenvalue weighted by Crippen LogP contribution is -2.40. The molecular formula is C23H31N5O3. The van der Waals surface area contributed by atoms with Crippen LogP contribution in [0.2, 0.25) is 0 Å². The van der Waals surface area contributed by atoms with Crippen molar-refractivity contribution in [1.82, 2.24) is 18.7 Å². The normalized spacial score (nSPS) is 16.1. The van der Waals surface area contributed by atoms with E-state index in [1.165, 1.54) is 27.5 Å². The molecule has 3 aromatic rings. The van der Waals surface area contributed by atoms with Gasteiger partial charge in [0.05, 0.1) is 0 Å². The van der Waals surface area contributed by atoms with Gasteiger partial charge >= 0.3 is 5.69 Å². The lowest BCUT2D eigenvalue weighted by molar-refractivity contribution is 0.277. The Balaban J connectivity index is 1.83. The van der Waals surface area contributed by atoms with Gasteiger partial charge in [-0.2, -0.15) is 4.98 Å². The Kier molecular flexibility index (Phi) is 6.00. The highest BCUT2D eigenvalue weighted by molar-refractivity contribution is 5.77. The number of hydrogen-bond donors (Lipinski definition) is 1. The number of imidazole rings is 1. The number of aliphatic hydroxyl groups excluding tert-OH is 1.